The number of rotatable bonds is 6. The molecule has 0 bridgehead atoms. The molecule has 1 aliphatic heterocycles. The average Bonchev–Trinajstić information content (AvgIpc) is 2.61. The molecule has 2 atom stereocenters. The van der Waals surface area contributed by atoms with Crippen LogP contribution in [0.3, 0.4) is 0 Å². The third-order valence-corrected chi connectivity index (χ3v) is 8.88. The second-order valence-electron chi connectivity index (χ2n) is 6.32. The molecule has 0 N–H and O–H groups in total. The van der Waals surface area contributed by atoms with Crippen molar-refractivity contribution in [3.63, 3.8) is 0 Å². The second-order valence-corrected chi connectivity index (χ2v) is 16.6. The Hall–Kier alpha value is 0.644. The summed E-state index contributed by atoms with van der Waals surface area (Å²) in [5.41, 5.74) is 0. The highest BCUT2D eigenvalue weighted by Crippen LogP contribution is 2.26. The van der Waals surface area contributed by atoms with Crippen molar-refractivity contribution in [3.05, 3.63) is 0 Å². The van der Waals surface area contributed by atoms with E-state index in [1.54, 1.807) is 0 Å². The number of hydrogen-bond acceptors (Lipinski definition) is 2. The van der Waals surface area contributed by atoms with Gasteiger partial charge in [-0.05, 0) is 32.0 Å². The topological polar surface area (TPSA) is 12.5 Å². The maximum Gasteiger partial charge on any atom is 0.287 e. The Morgan fingerprint density at radius 3 is 2.47 bits per heavy atom. The lowest BCUT2D eigenvalue weighted by Crippen LogP contribution is -2.51. The fourth-order valence-electron chi connectivity index (χ4n) is 2.68. The predicted octanol–water partition coefficient (Wildman–Crippen LogP) is 4.02. The van der Waals surface area contributed by atoms with Gasteiger partial charge in [0.1, 0.15) is 8.24 Å². The molecule has 17 heavy (non-hydrogen) atoms. The van der Waals surface area contributed by atoms with Crippen LogP contribution in [0.1, 0.15) is 26.2 Å². The van der Waals surface area contributed by atoms with Gasteiger partial charge in [-0.1, -0.05) is 33.0 Å². The molecule has 0 aromatic carbocycles. The Bertz CT molecular complexity index is 243. The van der Waals surface area contributed by atoms with Crippen LogP contribution in [-0.2, 0) is 4.43 Å². The zero-order valence-electron chi connectivity index (χ0n) is 12.1. The first-order valence-electron chi connectivity index (χ1n) is 6.86. The van der Waals surface area contributed by atoms with Crippen LogP contribution in [0, 0.1) is 0 Å². The number of nitrogens with zero attached hydrogens (tertiary/aromatic N) is 1. The van der Waals surface area contributed by atoms with E-state index in [9.17, 15) is 0 Å². The lowest BCUT2D eigenvalue weighted by atomic mass is 10.2. The zero-order valence-corrected chi connectivity index (χ0v) is 14.8. The fraction of sp³-hybridized carbons (Fsp3) is 1.00. The van der Waals surface area contributed by atoms with E-state index in [1.165, 1.54) is 19.4 Å². The second kappa shape index (κ2) is 6.19. The van der Waals surface area contributed by atoms with E-state index >= 15 is 0 Å². The van der Waals surface area contributed by atoms with Crippen LogP contribution >= 0.6 is 11.1 Å². The summed E-state index contributed by atoms with van der Waals surface area (Å²) in [6.07, 6.45) is 3.75. The molecule has 2 unspecified atom stereocenters. The molecule has 1 rings (SSSR count). The van der Waals surface area contributed by atoms with Gasteiger partial charge in [-0.25, -0.2) is 0 Å². The molecule has 102 valence electrons. The molecule has 2 nitrogen and oxygen atoms in total. The van der Waals surface area contributed by atoms with Crippen molar-refractivity contribution < 1.29 is 4.43 Å². The number of halogens is 1. The summed E-state index contributed by atoms with van der Waals surface area (Å²) in [5.74, 6) is 0. The lowest BCUT2D eigenvalue weighted by Gasteiger charge is -2.36. The summed E-state index contributed by atoms with van der Waals surface area (Å²) >= 11 is 6.49. The van der Waals surface area contributed by atoms with Crippen LogP contribution in [0.5, 0.6) is 0 Å². The Balaban J connectivity index is 2.46. The van der Waals surface area contributed by atoms with Crippen LogP contribution in [-0.4, -0.2) is 39.6 Å². The van der Waals surface area contributed by atoms with E-state index in [0.29, 0.717) is 6.04 Å². The highest BCUT2D eigenvalue weighted by Gasteiger charge is 2.36. The molecule has 1 fully saturated rings. The van der Waals surface area contributed by atoms with E-state index in [1.807, 2.05) is 0 Å². The molecule has 5 heteroatoms. The minimum absolute atomic E-state index is 0.629. The van der Waals surface area contributed by atoms with Gasteiger partial charge in [0.05, 0.1) is 6.61 Å². The standard InChI is InChI=1S/C12H28ClNOSi2/c1-6-10-17(5,13)15-11-12-8-7-9-14(12)16(2,3)4/h12H,6-11H2,1-5H3. The quantitative estimate of drug-likeness (QED) is 0.542. The Morgan fingerprint density at radius 1 is 1.29 bits per heavy atom. The molecule has 0 amide bonds. The number of hydrogen-bond donors (Lipinski definition) is 0. The van der Waals surface area contributed by atoms with E-state index < -0.39 is 15.9 Å². The van der Waals surface area contributed by atoms with Gasteiger partial charge >= 0.3 is 0 Å². The normalized spacial score (nSPS) is 26.1. The molecule has 0 saturated carbocycles. The van der Waals surface area contributed by atoms with E-state index in [2.05, 4.69) is 37.7 Å². The maximum atomic E-state index is 6.49. The minimum atomic E-state index is -1.90. The van der Waals surface area contributed by atoms with Crippen molar-refractivity contribution >= 4 is 26.9 Å². The first kappa shape index (κ1) is 15.7. The van der Waals surface area contributed by atoms with E-state index in [-0.39, 0.29) is 0 Å². The molecule has 1 saturated heterocycles. The van der Waals surface area contributed by atoms with Gasteiger partial charge < -0.3 is 8.99 Å². The predicted molar refractivity (Wildman–Crippen MR) is 81.6 cm³/mol. The molecule has 0 aromatic rings. The summed E-state index contributed by atoms with van der Waals surface area (Å²) < 4.78 is 8.77. The smallest absolute Gasteiger partial charge is 0.287 e. The molecule has 1 heterocycles. The Kier molecular flexibility index (Phi) is 5.72. The summed E-state index contributed by atoms with van der Waals surface area (Å²) in [4.78, 5) is 0. The van der Waals surface area contributed by atoms with Gasteiger partial charge in [0.2, 0.25) is 0 Å². The summed E-state index contributed by atoms with van der Waals surface area (Å²) in [6, 6.07) is 1.69. The molecular formula is C12H28ClNOSi2. The van der Waals surface area contributed by atoms with E-state index in [4.69, 9.17) is 15.5 Å². The highest BCUT2D eigenvalue weighted by molar-refractivity contribution is 7.16. The van der Waals surface area contributed by atoms with Crippen LogP contribution in [0.15, 0.2) is 0 Å². The monoisotopic (exact) mass is 293 g/mol. The maximum absolute atomic E-state index is 6.49. The van der Waals surface area contributed by atoms with Crippen molar-refractivity contribution in [2.24, 2.45) is 0 Å². The largest absolute Gasteiger partial charge is 0.402 e. The third kappa shape index (κ3) is 5.03. The molecular weight excluding hydrogens is 266 g/mol. The van der Waals surface area contributed by atoms with E-state index in [0.717, 1.165) is 19.1 Å². The van der Waals surface area contributed by atoms with Crippen molar-refractivity contribution in [2.75, 3.05) is 13.2 Å². The first-order chi connectivity index (χ1) is 7.76. The van der Waals surface area contributed by atoms with Gasteiger partial charge in [0.15, 0.2) is 0 Å². The first-order valence-corrected chi connectivity index (χ1v) is 13.9. The van der Waals surface area contributed by atoms with Gasteiger partial charge in [0, 0.05) is 6.04 Å². The van der Waals surface area contributed by atoms with Gasteiger partial charge in [-0.3, -0.25) is 0 Å². The van der Waals surface area contributed by atoms with Crippen LogP contribution in [0.4, 0.5) is 0 Å². The van der Waals surface area contributed by atoms with Crippen molar-refractivity contribution in [2.45, 2.75) is 64.5 Å². The highest BCUT2D eigenvalue weighted by atomic mass is 35.6. The van der Waals surface area contributed by atoms with Crippen molar-refractivity contribution in [1.82, 2.24) is 4.57 Å². The molecule has 0 radical (unpaired) electrons. The SMILES string of the molecule is CCC[Si](C)(Cl)OCC1CCCN1[Si](C)(C)C. The van der Waals surface area contributed by atoms with Crippen LogP contribution < -0.4 is 0 Å². The fourth-order valence-corrected chi connectivity index (χ4v) is 7.14. The Morgan fingerprint density at radius 2 is 1.94 bits per heavy atom. The molecule has 1 aliphatic rings. The van der Waals surface area contributed by atoms with Gasteiger partial charge in [-0.15, -0.1) is 11.1 Å². The average molecular weight is 294 g/mol. The summed E-state index contributed by atoms with van der Waals surface area (Å²) in [6.45, 7) is 13.7. The molecule has 0 spiro atoms. The van der Waals surface area contributed by atoms with Gasteiger partial charge in [-0.2, -0.15) is 0 Å². The summed E-state index contributed by atoms with van der Waals surface area (Å²) in [7, 11) is -3.07. The van der Waals surface area contributed by atoms with Crippen LogP contribution in [0.25, 0.3) is 0 Å². The Labute approximate surface area is 114 Å². The van der Waals surface area contributed by atoms with Crippen molar-refractivity contribution in [3.8, 4) is 0 Å². The van der Waals surface area contributed by atoms with Gasteiger partial charge in [0.25, 0.3) is 7.63 Å². The zero-order chi connectivity index (χ0) is 13.1. The molecule has 0 aromatic heterocycles. The summed E-state index contributed by atoms with van der Waals surface area (Å²) in [5, 5.41) is 0. The van der Waals surface area contributed by atoms with Crippen molar-refractivity contribution in [1.29, 1.82) is 0 Å². The third-order valence-electron chi connectivity index (χ3n) is 3.51. The van der Waals surface area contributed by atoms with Crippen LogP contribution in [0.2, 0.25) is 32.2 Å². The minimum Gasteiger partial charge on any atom is -0.402 e. The molecule has 0 aliphatic carbocycles. The lowest BCUT2D eigenvalue weighted by molar-refractivity contribution is 0.226.